The molecule has 0 aromatic heterocycles. The molecule has 1 aliphatic heterocycles. The lowest BCUT2D eigenvalue weighted by Gasteiger charge is -2.27. The summed E-state index contributed by atoms with van der Waals surface area (Å²) in [5.74, 6) is -0.831. The van der Waals surface area contributed by atoms with Gasteiger partial charge in [0.05, 0.1) is 12.2 Å². The van der Waals surface area contributed by atoms with Gasteiger partial charge < -0.3 is 4.90 Å². The van der Waals surface area contributed by atoms with Crippen LogP contribution >= 0.6 is 7.82 Å². The molecule has 0 radical (unpaired) electrons. The van der Waals surface area contributed by atoms with Gasteiger partial charge in [-0.2, -0.15) is 4.62 Å². The Morgan fingerprint density at radius 2 is 1.60 bits per heavy atom. The van der Waals surface area contributed by atoms with E-state index in [-0.39, 0.29) is 18.7 Å². The van der Waals surface area contributed by atoms with Gasteiger partial charge in [0.25, 0.3) is 0 Å². The Labute approximate surface area is 175 Å². The molecule has 0 saturated heterocycles. The number of phosphoric ester groups is 1. The molecule has 1 aliphatic rings. The highest BCUT2D eigenvalue weighted by atomic mass is 31.2. The van der Waals surface area contributed by atoms with Crippen LogP contribution in [-0.2, 0) is 34.4 Å². The number of anilines is 1. The van der Waals surface area contributed by atoms with Crippen LogP contribution in [0, 0.1) is 0 Å². The Morgan fingerprint density at radius 3 is 2.33 bits per heavy atom. The van der Waals surface area contributed by atoms with E-state index in [2.05, 4.69) is 13.7 Å². The van der Waals surface area contributed by atoms with Crippen LogP contribution in [0.3, 0.4) is 0 Å². The second-order valence-electron chi connectivity index (χ2n) is 6.50. The third kappa shape index (κ3) is 5.23. The number of benzene rings is 2. The monoisotopic (exact) mass is 430 g/mol. The van der Waals surface area contributed by atoms with Gasteiger partial charge in [-0.1, -0.05) is 54.6 Å². The zero-order valence-corrected chi connectivity index (χ0v) is 17.6. The van der Waals surface area contributed by atoms with E-state index in [1.807, 2.05) is 66.2 Å². The van der Waals surface area contributed by atoms with Gasteiger partial charge in [-0.05, 0) is 22.8 Å². The minimum absolute atomic E-state index is 0.0559. The van der Waals surface area contributed by atoms with Crippen molar-refractivity contribution in [1.82, 2.24) is 5.48 Å². The van der Waals surface area contributed by atoms with E-state index in [0.717, 1.165) is 36.6 Å². The number of amides is 2. The second-order valence-corrected chi connectivity index (χ2v) is 8.31. The van der Waals surface area contributed by atoms with E-state index in [1.54, 1.807) is 4.90 Å². The number of nitrogens with one attached hydrogen (secondary N) is 1. The molecule has 2 aromatic rings. The van der Waals surface area contributed by atoms with Crippen LogP contribution in [0.15, 0.2) is 48.5 Å². The van der Waals surface area contributed by atoms with E-state index >= 15 is 0 Å². The third-order valence-electron chi connectivity index (χ3n) is 4.64. The fraction of sp³-hybridized carbons (Fsp3) is 0.238. The molecule has 0 unspecified atom stereocenters. The molecule has 0 fully saturated rings. The first-order chi connectivity index (χ1) is 14.5. The van der Waals surface area contributed by atoms with Gasteiger partial charge in [0.1, 0.15) is 0 Å². The number of carbonyl (C=O) groups excluding carboxylic acids is 2. The van der Waals surface area contributed by atoms with E-state index in [0.29, 0.717) is 6.54 Å². The standard InChI is InChI=1S/C21H23N2O6P/c1-27-30(26,28-2)29-22-20(24)13-14-21(25)23-15-18-9-4-3-7-16(18)11-12-17-8-5-6-10-19(17)23/h3-12H,13-15H2,1-2H3,(H,22,24). The smallest absolute Gasteiger partial charge is 0.307 e. The Morgan fingerprint density at radius 1 is 0.967 bits per heavy atom. The summed E-state index contributed by atoms with van der Waals surface area (Å²) in [7, 11) is -1.57. The van der Waals surface area contributed by atoms with Gasteiger partial charge in [-0.25, -0.2) is 10.0 Å². The summed E-state index contributed by atoms with van der Waals surface area (Å²) < 4.78 is 25.6. The van der Waals surface area contributed by atoms with Crippen LogP contribution in [0.1, 0.15) is 29.5 Å². The maximum Gasteiger partial charge on any atom is 0.495 e. The summed E-state index contributed by atoms with van der Waals surface area (Å²) in [5, 5.41) is 0. The first kappa shape index (κ1) is 21.9. The van der Waals surface area contributed by atoms with Gasteiger partial charge in [0.15, 0.2) is 0 Å². The molecule has 30 heavy (non-hydrogen) atoms. The quantitative estimate of drug-likeness (QED) is 0.528. The van der Waals surface area contributed by atoms with Crippen molar-refractivity contribution in [2.24, 2.45) is 0 Å². The van der Waals surface area contributed by atoms with Crippen LogP contribution in [-0.4, -0.2) is 26.0 Å². The van der Waals surface area contributed by atoms with E-state index in [4.69, 9.17) is 0 Å². The molecule has 158 valence electrons. The fourth-order valence-corrected chi connectivity index (χ4v) is 3.55. The molecule has 0 bridgehead atoms. The van der Waals surface area contributed by atoms with Crippen LogP contribution < -0.4 is 10.4 Å². The van der Waals surface area contributed by atoms with Gasteiger partial charge in [0.2, 0.25) is 11.8 Å². The van der Waals surface area contributed by atoms with Crippen LogP contribution in [0.4, 0.5) is 5.69 Å². The molecule has 2 amide bonds. The van der Waals surface area contributed by atoms with E-state index in [1.165, 1.54) is 0 Å². The lowest BCUT2D eigenvalue weighted by Crippen LogP contribution is -2.33. The number of nitrogens with zero attached hydrogens (tertiary/aromatic N) is 1. The zero-order valence-electron chi connectivity index (χ0n) is 16.7. The lowest BCUT2D eigenvalue weighted by molar-refractivity contribution is -0.131. The van der Waals surface area contributed by atoms with Gasteiger partial charge >= 0.3 is 7.82 Å². The first-order valence-corrected chi connectivity index (χ1v) is 10.8. The van der Waals surface area contributed by atoms with Crippen molar-refractivity contribution >= 4 is 37.5 Å². The summed E-state index contributed by atoms with van der Waals surface area (Å²) >= 11 is 0. The van der Waals surface area contributed by atoms with Crippen LogP contribution in [0.25, 0.3) is 12.2 Å². The summed E-state index contributed by atoms with van der Waals surface area (Å²) in [5.41, 5.74) is 5.73. The number of fused-ring (bicyclic) bond motifs is 2. The summed E-state index contributed by atoms with van der Waals surface area (Å²) in [6.45, 7) is 0.386. The number of rotatable bonds is 7. The second kappa shape index (κ2) is 9.82. The van der Waals surface area contributed by atoms with Crippen molar-refractivity contribution in [3.63, 3.8) is 0 Å². The van der Waals surface area contributed by atoms with Gasteiger partial charge in [-0.15, -0.1) is 0 Å². The van der Waals surface area contributed by atoms with Gasteiger partial charge in [-0.3, -0.25) is 18.6 Å². The Hall–Kier alpha value is -2.77. The highest BCUT2D eigenvalue weighted by Crippen LogP contribution is 2.46. The Bertz CT molecular complexity index is 998. The van der Waals surface area contributed by atoms with Crippen LogP contribution in [0.5, 0.6) is 0 Å². The summed E-state index contributed by atoms with van der Waals surface area (Å²) in [6.07, 6.45) is 3.80. The van der Waals surface area contributed by atoms with Gasteiger partial charge in [0, 0.05) is 27.1 Å². The summed E-state index contributed by atoms with van der Waals surface area (Å²) in [6, 6.07) is 15.4. The first-order valence-electron chi connectivity index (χ1n) is 9.30. The largest absolute Gasteiger partial charge is 0.495 e. The molecule has 0 atom stereocenters. The molecule has 1 N–H and O–H groups in total. The van der Waals surface area contributed by atoms with Crippen molar-refractivity contribution in [3.05, 3.63) is 65.2 Å². The molecule has 0 saturated carbocycles. The van der Waals surface area contributed by atoms with Crippen molar-refractivity contribution in [1.29, 1.82) is 0 Å². The van der Waals surface area contributed by atoms with Crippen molar-refractivity contribution < 1.29 is 27.8 Å². The average Bonchev–Trinajstić information content (AvgIpc) is 2.77. The van der Waals surface area contributed by atoms with Crippen molar-refractivity contribution in [2.75, 3.05) is 19.1 Å². The average molecular weight is 430 g/mol. The molecule has 8 nitrogen and oxygen atoms in total. The molecular formula is C21H23N2O6P. The molecule has 2 aromatic carbocycles. The number of hydrogen-bond acceptors (Lipinski definition) is 6. The van der Waals surface area contributed by atoms with E-state index < -0.39 is 13.7 Å². The fourth-order valence-electron chi connectivity index (χ4n) is 3.03. The molecule has 9 heteroatoms. The van der Waals surface area contributed by atoms with Crippen molar-refractivity contribution in [3.8, 4) is 0 Å². The Balaban J connectivity index is 1.73. The Kier molecular flexibility index (Phi) is 7.18. The minimum atomic E-state index is -3.83. The number of para-hydroxylation sites is 1. The number of hydroxylamine groups is 1. The lowest BCUT2D eigenvalue weighted by atomic mass is 10.0. The SMILES string of the molecule is COP(=O)(OC)ONC(=O)CCC(=O)N1Cc2ccccc2C=Cc2ccccc21. The molecule has 1 heterocycles. The van der Waals surface area contributed by atoms with Crippen LogP contribution in [0.2, 0.25) is 0 Å². The molecule has 3 rings (SSSR count). The highest BCUT2D eigenvalue weighted by molar-refractivity contribution is 7.48. The molecular weight excluding hydrogens is 407 g/mol. The third-order valence-corrected chi connectivity index (χ3v) is 5.85. The van der Waals surface area contributed by atoms with E-state index in [9.17, 15) is 14.2 Å². The topological polar surface area (TPSA) is 94.2 Å². The predicted octanol–water partition coefficient (Wildman–Crippen LogP) is 3.93. The number of hydrogen-bond donors (Lipinski definition) is 1. The zero-order chi connectivity index (χ0) is 21.6. The number of phosphoric acid groups is 1. The predicted molar refractivity (Wildman–Crippen MR) is 113 cm³/mol. The molecule has 0 spiro atoms. The maximum atomic E-state index is 13.0. The minimum Gasteiger partial charge on any atom is -0.307 e. The normalized spacial score (nSPS) is 13.1. The summed E-state index contributed by atoms with van der Waals surface area (Å²) in [4.78, 5) is 26.7. The highest BCUT2D eigenvalue weighted by Gasteiger charge is 2.25. The molecule has 0 aliphatic carbocycles. The maximum absolute atomic E-state index is 13.0. The number of carbonyl (C=O) groups is 2. The van der Waals surface area contributed by atoms with Crippen molar-refractivity contribution in [2.45, 2.75) is 19.4 Å².